The number of thioether (sulfide) groups is 1. The molecule has 1 heterocycles. The van der Waals surface area contributed by atoms with Crippen molar-refractivity contribution in [2.24, 2.45) is 5.73 Å². The highest BCUT2D eigenvalue weighted by molar-refractivity contribution is 7.99. The first-order valence-corrected chi connectivity index (χ1v) is 9.23. The van der Waals surface area contributed by atoms with Crippen LogP contribution in [0.5, 0.6) is 0 Å². The van der Waals surface area contributed by atoms with Gasteiger partial charge in [0.1, 0.15) is 0 Å². The van der Waals surface area contributed by atoms with Gasteiger partial charge in [-0.25, -0.2) is 0 Å². The zero-order valence-corrected chi connectivity index (χ0v) is 15.0. The maximum atomic E-state index is 10.9. The number of hydrogen-bond donors (Lipinski definition) is 2. The molecule has 0 radical (unpaired) electrons. The zero-order chi connectivity index (χ0) is 18.4. The summed E-state index contributed by atoms with van der Waals surface area (Å²) in [6, 6.07) is 19.6. The molecule has 1 aromatic heterocycles. The van der Waals surface area contributed by atoms with Crippen LogP contribution in [0.25, 0.3) is 0 Å². The SMILES string of the molecule is N[C@@H](Cc1ccccc1)c1nnc(SCC(=O)O)n1Cc1ccccc1. The fourth-order valence-corrected chi connectivity index (χ4v) is 3.35. The number of rotatable bonds is 8. The first kappa shape index (κ1) is 18.2. The highest BCUT2D eigenvalue weighted by Gasteiger charge is 2.20. The molecule has 3 rings (SSSR count). The van der Waals surface area contributed by atoms with E-state index >= 15 is 0 Å². The Balaban J connectivity index is 1.86. The Bertz CT molecular complexity index is 852. The Hall–Kier alpha value is -2.64. The summed E-state index contributed by atoms with van der Waals surface area (Å²) in [6.45, 7) is 0.549. The summed E-state index contributed by atoms with van der Waals surface area (Å²) in [4.78, 5) is 10.9. The lowest BCUT2D eigenvalue weighted by Crippen LogP contribution is -2.20. The van der Waals surface area contributed by atoms with Gasteiger partial charge < -0.3 is 15.4 Å². The van der Waals surface area contributed by atoms with Crippen LogP contribution in [0.15, 0.2) is 65.8 Å². The summed E-state index contributed by atoms with van der Waals surface area (Å²) in [6.07, 6.45) is 0.636. The lowest BCUT2D eigenvalue weighted by atomic mass is 10.1. The molecule has 0 aliphatic heterocycles. The van der Waals surface area contributed by atoms with Crippen LogP contribution in [0.3, 0.4) is 0 Å². The van der Waals surface area contributed by atoms with E-state index in [0.29, 0.717) is 23.9 Å². The van der Waals surface area contributed by atoms with Gasteiger partial charge in [0.15, 0.2) is 11.0 Å². The summed E-state index contributed by atoms with van der Waals surface area (Å²) < 4.78 is 1.91. The highest BCUT2D eigenvalue weighted by atomic mass is 32.2. The molecule has 26 heavy (non-hydrogen) atoms. The smallest absolute Gasteiger partial charge is 0.313 e. The van der Waals surface area contributed by atoms with Crippen LogP contribution in [0, 0.1) is 0 Å². The summed E-state index contributed by atoms with van der Waals surface area (Å²) in [5.41, 5.74) is 8.60. The van der Waals surface area contributed by atoms with E-state index < -0.39 is 5.97 Å². The first-order valence-electron chi connectivity index (χ1n) is 8.24. The van der Waals surface area contributed by atoms with Crippen molar-refractivity contribution in [1.82, 2.24) is 14.8 Å². The van der Waals surface area contributed by atoms with Gasteiger partial charge in [-0.3, -0.25) is 4.79 Å². The molecule has 6 nitrogen and oxygen atoms in total. The molecule has 0 bridgehead atoms. The first-order chi connectivity index (χ1) is 12.6. The van der Waals surface area contributed by atoms with Crippen molar-refractivity contribution in [1.29, 1.82) is 0 Å². The summed E-state index contributed by atoms with van der Waals surface area (Å²) in [5, 5.41) is 18.0. The van der Waals surface area contributed by atoms with Gasteiger partial charge in [-0.05, 0) is 17.5 Å². The second kappa shape index (κ2) is 8.64. The number of carboxylic acids is 1. The molecule has 0 aliphatic rings. The van der Waals surface area contributed by atoms with Gasteiger partial charge >= 0.3 is 5.97 Å². The molecule has 3 N–H and O–H groups in total. The third-order valence-corrected chi connectivity index (χ3v) is 4.84. The van der Waals surface area contributed by atoms with E-state index in [2.05, 4.69) is 10.2 Å². The van der Waals surface area contributed by atoms with E-state index in [1.807, 2.05) is 65.2 Å². The minimum atomic E-state index is -0.889. The fraction of sp³-hybridized carbons (Fsp3) is 0.211. The maximum absolute atomic E-state index is 10.9. The van der Waals surface area contributed by atoms with E-state index in [4.69, 9.17) is 10.8 Å². The molecule has 134 valence electrons. The molecule has 0 amide bonds. The van der Waals surface area contributed by atoms with E-state index in [9.17, 15) is 4.79 Å². The average Bonchev–Trinajstić information content (AvgIpc) is 3.04. The van der Waals surface area contributed by atoms with Crippen LogP contribution < -0.4 is 5.73 Å². The van der Waals surface area contributed by atoms with Crippen LogP contribution in [0.4, 0.5) is 0 Å². The van der Waals surface area contributed by atoms with Gasteiger partial charge in [0.25, 0.3) is 0 Å². The Morgan fingerprint density at radius 3 is 2.27 bits per heavy atom. The van der Waals surface area contributed by atoms with Crippen molar-refractivity contribution < 1.29 is 9.90 Å². The van der Waals surface area contributed by atoms with E-state index in [1.54, 1.807) is 0 Å². The zero-order valence-electron chi connectivity index (χ0n) is 14.2. The molecule has 0 spiro atoms. The Kier molecular flexibility index (Phi) is 6.04. The number of aliphatic carboxylic acids is 1. The number of aromatic nitrogens is 3. The average molecular weight is 368 g/mol. The number of carboxylic acid groups (broad SMARTS) is 1. The topological polar surface area (TPSA) is 94.0 Å². The molecule has 0 unspecified atom stereocenters. The van der Waals surface area contributed by atoms with Crippen LogP contribution in [0.1, 0.15) is 23.0 Å². The van der Waals surface area contributed by atoms with Gasteiger partial charge in [-0.1, -0.05) is 72.4 Å². The van der Waals surface area contributed by atoms with Gasteiger partial charge in [-0.2, -0.15) is 0 Å². The third-order valence-electron chi connectivity index (χ3n) is 3.88. The number of nitrogens with zero attached hydrogens (tertiary/aromatic N) is 3. The molecule has 0 saturated carbocycles. The van der Waals surface area contributed by atoms with Gasteiger partial charge in [0, 0.05) is 0 Å². The lowest BCUT2D eigenvalue weighted by molar-refractivity contribution is -0.133. The van der Waals surface area contributed by atoms with Crippen LogP contribution in [0.2, 0.25) is 0 Å². The third kappa shape index (κ3) is 4.71. The van der Waals surface area contributed by atoms with Crippen molar-refractivity contribution in [3.8, 4) is 0 Å². The number of benzene rings is 2. The monoisotopic (exact) mass is 368 g/mol. The van der Waals surface area contributed by atoms with Crippen LogP contribution in [-0.2, 0) is 17.8 Å². The largest absolute Gasteiger partial charge is 0.481 e. The van der Waals surface area contributed by atoms with Crippen LogP contribution >= 0.6 is 11.8 Å². The number of carbonyl (C=O) groups is 1. The van der Waals surface area contributed by atoms with Crippen molar-refractivity contribution >= 4 is 17.7 Å². The number of hydrogen-bond acceptors (Lipinski definition) is 5. The summed E-state index contributed by atoms with van der Waals surface area (Å²) >= 11 is 1.15. The Labute approximate surface area is 156 Å². The van der Waals surface area contributed by atoms with E-state index in [0.717, 1.165) is 22.9 Å². The molecule has 3 aromatic rings. The predicted molar refractivity (Wildman–Crippen MR) is 101 cm³/mol. The fourth-order valence-electron chi connectivity index (χ4n) is 2.68. The standard InChI is InChI=1S/C19H20N4O2S/c20-16(11-14-7-3-1-4-8-14)18-21-22-19(26-13-17(24)25)23(18)12-15-9-5-2-6-10-15/h1-10,16H,11-13,20H2,(H,24,25)/t16-/m0/s1. The van der Waals surface area contributed by atoms with Crippen molar-refractivity contribution in [3.05, 3.63) is 77.6 Å². The van der Waals surface area contributed by atoms with Crippen LogP contribution in [-0.4, -0.2) is 31.6 Å². The molecule has 2 aromatic carbocycles. The van der Waals surface area contributed by atoms with Gasteiger partial charge in [-0.15, -0.1) is 10.2 Å². The molecular weight excluding hydrogens is 348 g/mol. The normalized spacial score (nSPS) is 12.0. The van der Waals surface area contributed by atoms with E-state index in [-0.39, 0.29) is 11.8 Å². The maximum Gasteiger partial charge on any atom is 0.313 e. The number of nitrogens with two attached hydrogens (primary N) is 1. The van der Waals surface area contributed by atoms with Crippen molar-refractivity contribution in [3.63, 3.8) is 0 Å². The van der Waals surface area contributed by atoms with E-state index in [1.165, 1.54) is 0 Å². The minimum Gasteiger partial charge on any atom is -0.481 e. The lowest BCUT2D eigenvalue weighted by Gasteiger charge is -2.15. The molecule has 0 aliphatic carbocycles. The van der Waals surface area contributed by atoms with Gasteiger partial charge in [0.2, 0.25) is 0 Å². The molecule has 0 fully saturated rings. The second-order valence-electron chi connectivity index (χ2n) is 5.89. The molecule has 0 saturated heterocycles. The molecule has 1 atom stereocenters. The Morgan fingerprint density at radius 1 is 1.04 bits per heavy atom. The predicted octanol–water partition coefficient (Wildman–Crippen LogP) is 2.75. The quantitative estimate of drug-likeness (QED) is 0.594. The van der Waals surface area contributed by atoms with Crippen molar-refractivity contribution in [2.75, 3.05) is 5.75 Å². The highest BCUT2D eigenvalue weighted by Crippen LogP contribution is 2.23. The summed E-state index contributed by atoms with van der Waals surface area (Å²) in [5.74, 6) is -0.300. The van der Waals surface area contributed by atoms with Crippen molar-refractivity contribution in [2.45, 2.75) is 24.2 Å². The second-order valence-corrected chi connectivity index (χ2v) is 6.83. The summed E-state index contributed by atoms with van der Waals surface area (Å²) in [7, 11) is 0. The minimum absolute atomic E-state index is 0.0686. The van der Waals surface area contributed by atoms with Gasteiger partial charge in [0.05, 0.1) is 18.3 Å². The Morgan fingerprint density at radius 2 is 1.65 bits per heavy atom. The molecular formula is C19H20N4O2S. The molecule has 7 heteroatoms.